The number of alkyl halides is 1. The predicted molar refractivity (Wildman–Crippen MR) is 81.6 cm³/mol. The smallest absolute Gasteiger partial charge is 0.146 e. The summed E-state index contributed by atoms with van der Waals surface area (Å²) in [4.78, 5) is 4.22. The SMILES string of the molecule is CC(C)CN(CCN(C)C)c1ccc(CCl)cc1F. The van der Waals surface area contributed by atoms with Crippen LogP contribution in [-0.4, -0.2) is 38.6 Å². The van der Waals surface area contributed by atoms with E-state index in [1.807, 2.05) is 26.2 Å². The predicted octanol–water partition coefficient (Wildman–Crippen LogP) is 3.59. The molecule has 0 radical (unpaired) electrons. The lowest BCUT2D eigenvalue weighted by molar-refractivity contribution is 0.407. The third-order valence-corrected chi connectivity index (χ3v) is 3.22. The Morgan fingerprint density at radius 2 is 1.89 bits per heavy atom. The second-order valence-electron chi connectivity index (χ2n) is 5.56. The standard InChI is InChI=1S/C15H24ClFN2/c1-12(2)11-19(8-7-18(3)4)15-6-5-13(10-16)9-14(15)17/h5-6,9,12H,7-8,10-11H2,1-4H3. The Bertz CT molecular complexity index is 394. The van der Waals surface area contributed by atoms with E-state index in [-0.39, 0.29) is 5.82 Å². The monoisotopic (exact) mass is 286 g/mol. The van der Waals surface area contributed by atoms with Crippen LogP contribution in [0.1, 0.15) is 19.4 Å². The van der Waals surface area contributed by atoms with E-state index in [2.05, 4.69) is 23.6 Å². The topological polar surface area (TPSA) is 6.48 Å². The minimum atomic E-state index is -0.183. The van der Waals surface area contributed by atoms with E-state index in [0.29, 0.717) is 17.5 Å². The summed E-state index contributed by atoms with van der Waals surface area (Å²) in [6, 6.07) is 5.27. The third kappa shape index (κ3) is 5.37. The molecule has 1 aromatic rings. The minimum Gasteiger partial charge on any atom is -0.368 e. The van der Waals surface area contributed by atoms with Gasteiger partial charge in [0.15, 0.2) is 0 Å². The summed E-state index contributed by atoms with van der Waals surface area (Å²) in [5.41, 5.74) is 1.49. The molecule has 1 rings (SSSR count). The van der Waals surface area contributed by atoms with Crippen molar-refractivity contribution < 1.29 is 4.39 Å². The minimum absolute atomic E-state index is 0.183. The van der Waals surface area contributed by atoms with Crippen LogP contribution in [0.25, 0.3) is 0 Å². The van der Waals surface area contributed by atoms with Gasteiger partial charge in [-0.3, -0.25) is 0 Å². The van der Waals surface area contributed by atoms with Crippen molar-refractivity contribution in [3.8, 4) is 0 Å². The molecule has 0 unspecified atom stereocenters. The molecule has 0 aliphatic carbocycles. The lowest BCUT2D eigenvalue weighted by Gasteiger charge is -2.28. The van der Waals surface area contributed by atoms with Crippen molar-refractivity contribution in [2.24, 2.45) is 5.92 Å². The molecule has 0 amide bonds. The average molecular weight is 287 g/mol. The highest BCUT2D eigenvalue weighted by Crippen LogP contribution is 2.22. The van der Waals surface area contributed by atoms with Crippen LogP contribution in [-0.2, 0) is 5.88 Å². The molecular formula is C15H24ClFN2. The summed E-state index contributed by atoms with van der Waals surface area (Å²) in [6.07, 6.45) is 0. The van der Waals surface area contributed by atoms with E-state index in [4.69, 9.17) is 11.6 Å². The fourth-order valence-electron chi connectivity index (χ4n) is 1.96. The fraction of sp³-hybridized carbons (Fsp3) is 0.600. The lowest BCUT2D eigenvalue weighted by atomic mass is 10.1. The molecule has 0 fully saturated rings. The van der Waals surface area contributed by atoms with E-state index in [1.165, 1.54) is 6.07 Å². The summed E-state index contributed by atoms with van der Waals surface area (Å²) in [6.45, 7) is 6.87. The van der Waals surface area contributed by atoms with Crippen LogP contribution >= 0.6 is 11.6 Å². The molecule has 0 spiro atoms. The third-order valence-electron chi connectivity index (χ3n) is 2.91. The van der Waals surface area contributed by atoms with E-state index >= 15 is 0 Å². The van der Waals surface area contributed by atoms with E-state index < -0.39 is 0 Å². The van der Waals surface area contributed by atoms with Crippen molar-refractivity contribution in [1.82, 2.24) is 4.90 Å². The van der Waals surface area contributed by atoms with Crippen LogP contribution in [0.4, 0.5) is 10.1 Å². The van der Waals surface area contributed by atoms with Crippen LogP contribution in [0.5, 0.6) is 0 Å². The Balaban J connectivity index is 2.89. The van der Waals surface area contributed by atoms with Gasteiger partial charge in [-0.2, -0.15) is 0 Å². The Hall–Kier alpha value is -0.800. The highest BCUT2D eigenvalue weighted by Gasteiger charge is 2.13. The maximum absolute atomic E-state index is 14.1. The molecule has 108 valence electrons. The number of hydrogen-bond donors (Lipinski definition) is 0. The van der Waals surface area contributed by atoms with Gasteiger partial charge in [-0.05, 0) is 37.7 Å². The van der Waals surface area contributed by atoms with Crippen molar-refractivity contribution in [3.63, 3.8) is 0 Å². The summed E-state index contributed by atoms with van der Waals surface area (Å²) in [5.74, 6) is 0.658. The van der Waals surface area contributed by atoms with Gasteiger partial charge in [0.1, 0.15) is 5.82 Å². The molecule has 0 N–H and O–H groups in total. The number of rotatable bonds is 7. The summed E-state index contributed by atoms with van der Waals surface area (Å²) in [5, 5.41) is 0. The molecule has 0 aliphatic heterocycles. The van der Waals surface area contributed by atoms with Gasteiger partial charge in [-0.15, -0.1) is 11.6 Å². The Morgan fingerprint density at radius 1 is 1.21 bits per heavy atom. The molecule has 0 atom stereocenters. The number of likely N-dealkylation sites (N-methyl/N-ethyl adjacent to an activating group) is 1. The summed E-state index contributed by atoms with van der Waals surface area (Å²) in [7, 11) is 4.06. The Labute approximate surface area is 121 Å². The molecule has 0 saturated heterocycles. The molecule has 0 aliphatic rings. The second-order valence-corrected chi connectivity index (χ2v) is 5.83. The van der Waals surface area contributed by atoms with Crippen molar-refractivity contribution in [3.05, 3.63) is 29.6 Å². The van der Waals surface area contributed by atoms with Gasteiger partial charge in [0.2, 0.25) is 0 Å². The first-order chi connectivity index (χ1) is 8.93. The van der Waals surface area contributed by atoms with E-state index in [0.717, 1.165) is 25.2 Å². The number of halogens is 2. The molecule has 19 heavy (non-hydrogen) atoms. The molecule has 0 bridgehead atoms. The van der Waals surface area contributed by atoms with Gasteiger partial charge in [-0.25, -0.2) is 4.39 Å². The second kappa shape index (κ2) is 7.71. The summed E-state index contributed by atoms with van der Waals surface area (Å²) >= 11 is 5.73. The highest BCUT2D eigenvalue weighted by molar-refractivity contribution is 6.17. The van der Waals surface area contributed by atoms with Crippen molar-refractivity contribution in [1.29, 1.82) is 0 Å². The van der Waals surface area contributed by atoms with Crippen LogP contribution < -0.4 is 4.90 Å². The van der Waals surface area contributed by atoms with Gasteiger partial charge < -0.3 is 9.80 Å². The number of nitrogens with zero attached hydrogens (tertiary/aromatic N) is 2. The van der Waals surface area contributed by atoms with Crippen LogP contribution in [0.15, 0.2) is 18.2 Å². The molecule has 0 heterocycles. The zero-order valence-electron chi connectivity index (χ0n) is 12.3. The largest absolute Gasteiger partial charge is 0.368 e. The fourth-order valence-corrected chi connectivity index (χ4v) is 2.13. The maximum atomic E-state index is 14.1. The number of benzene rings is 1. The van der Waals surface area contributed by atoms with E-state index in [9.17, 15) is 4.39 Å². The highest BCUT2D eigenvalue weighted by atomic mass is 35.5. The summed E-state index contributed by atoms with van der Waals surface area (Å²) < 4.78 is 14.1. The first-order valence-electron chi connectivity index (χ1n) is 6.68. The van der Waals surface area contributed by atoms with Crippen molar-refractivity contribution in [2.45, 2.75) is 19.7 Å². The molecule has 4 heteroatoms. The molecule has 0 saturated carbocycles. The Kier molecular flexibility index (Phi) is 6.59. The lowest BCUT2D eigenvalue weighted by Crippen LogP contribution is -2.35. The van der Waals surface area contributed by atoms with Crippen LogP contribution in [0.3, 0.4) is 0 Å². The van der Waals surface area contributed by atoms with Crippen LogP contribution in [0, 0.1) is 11.7 Å². The first kappa shape index (κ1) is 16.3. The van der Waals surface area contributed by atoms with Crippen molar-refractivity contribution in [2.75, 3.05) is 38.6 Å². The van der Waals surface area contributed by atoms with Crippen molar-refractivity contribution >= 4 is 17.3 Å². The normalized spacial score (nSPS) is 11.4. The quantitative estimate of drug-likeness (QED) is 0.707. The molecule has 0 aromatic heterocycles. The van der Waals surface area contributed by atoms with Gasteiger partial charge in [0.05, 0.1) is 5.69 Å². The van der Waals surface area contributed by atoms with Gasteiger partial charge >= 0.3 is 0 Å². The first-order valence-corrected chi connectivity index (χ1v) is 7.21. The Morgan fingerprint density at radius 3 is 2.37 bits per heavy atom. The number of anilines is 1. The molecule has 1 aromatic carbocycles. The van der Waals surface area contributed by atoms with Gasteiger partial charge in [-0.1, -0.05) is 19.9 Å². The van der Waals surface area contributed by atoms with Gasteiger partial charge in [0.25, 0.3) is 0 Å². The maximum Gasteiger partial charge on any atom is 0.146 e. The zero-order valence-corrected chi connectivity index (χ0v) is 13.0. The average Bonchev–Trinajstić information content (AvgIpc) is 2.34. The van der Waals surface area contributed by atoms with E-state index in [1.54, 1.807) is 0 Å². The van der Waals surface area contributed by atoms with Crippen LogP contribution in [0.2, 0.25) is 0 Å². The van der Waals surface area contributed by atoms with Gasteiger partial charge in [0, 0.05) is 25.5 Å². The molecule has 2 nitrogen and oxygen atoms in total. The number of hydrogen-bond acceptors (Lipinski definition) is 2. The molecular weight excluding hydrogens is 263 g/mol. The zero-order chi connectivity index (χ0) is 14.4.